The third-order valence-corrected chi connectivity index (χ3v) is 4.85. The van der Waals surface area contributed by atoms with Crippen LogP contribution in [0.15, 0.2) is 53.6 Å². The number of halogens is 2. The molecule has 0 N–H and O–H groups in total. The van der Waals surface area contributed by atoms with E-state index in [1.54, 1.807) is 18.2 Å². The van der Waals surface area contributed by atoms with Crippen LogP contribution in [0.3, 0.4) is 0 Å². The summed E-state index contributed by atoms with van der Waals surface area (Å²) in [6.07, 6.45) is 5.85. The Balaban J connectivity index is 1.79. The van der Waals surface area contributed by atoms with E-state index in [0.29, 0.717) is 10.6 Å². The van der Waals surface area contributed by atoms with Crippen molar-refractivity contribution < 1.29 is 14.0 Å². The number of nitrogens with zero attached hydrogens (tertiary/aromatic N) is 3. The van der Waals surface area contributed by atoms with Crippen molar-refractivity contribution in [2.24, 2.45) is 5.10 Å². The minimum atomic E-state index is -0.359. The lowest BCUT2D eigenvalue weighted by Gasteiger charge is -2.27. The third-order valence-electron chi connectivity index (χ3n) is 4.49. The van der Waals surface area contributed by atoms with Gasteiger partial charge in [0.05, 0.1) is 13.1 Å². The SMILES string of the molecule is C#CCN(Cc1ccccc1Cl)C(=O)C1=NN(Cc2ccc(F)cc2)C(=O)CC1. The Hall–Kier alpha value is -3.17. The highest BCUT2D eigenvalue weighted by atomic mass is 35.5. The predicted molar refractivity (Wildman–Crippen MR) is 109 cm³/mol. The van der Waals surface area contributed by atoms with Crippen molar-refractivity contribution in [1.82, 2.24) is 9.91 Å². The second-order valence-corrected chi connectivity index (χ2v) is 6.99. The highest BCUT2D eigenvalue weighted by Crippen LogP contribution is 2.19. The summed E-state index contributed by atoms with van der Waals surface area (Å²) < 4.78 is 13.1. The van der Waals surface area contributed by atoms with Gasteiger partial charge in [-0.3, -0.25) is 9.59 Å². The highest BCUT2D eigenvalue weighted by molar-refractivity contribution is 6.39. The normalized spacial score (nSPS) is 13.6. The molecule has 0 aromatic heterocycles. The van der Waals surface area contributed by atoms with E-state index >= 15 is 0 Å². The molecule has 148 valence electrons. The standard InChI is InChI=1S/C22H19ClFN3O2/c1-2-13-26(15-17-5-3-4-6-19(17)23)22(29)20-11-12-21(28)27(25-20)14-16-7-9-18(24)10-8-16/h1,3-10H,11-15H2. The van der Waals surface area contributed by atoms with Gasteiger partial charge in [-0.15, -0.1) is 6.42 Å². The summed E-state index contributed by atoms with van der Waals surface area (Å²) >= 11 is 6.20. The molecule has 2 aromatic carbocycles. The van der Waals surface area contributed by atoms with Crippen molar-refractivity contribution in [2.75, 3.05) is 6.54 Å². The van der Waals surface area contributed by atoms with Crippen LogP contribution in [0, 0.1) is 18.2 Å². The maximum Gasteiger partial charge on any atom is 0.271 e. The Morgan fingerprint density at radius 3 is 2.62 bits per heavy atom. The highest BCUT2D eigenvalue weighted by Gasteiger charge is 2.27. The molecule has 0 bridgehead atoms. The topological polar surface area (TPSA) is 53.0 Å². The number of rotatable bonds is 6. The summed E-state index contributed by atoms with van der Waals surface area (Å²) in [5.41, 5.74) is 1.75. The molecular weight excluding hydrogens is 393 g/mol. The Morgan fingerprint density at radius 2 is 1.93 bits per heavy atom. The molecule has 1 aliphatic rings. The molecule has 3 rings (SSSR count). The molecule has 2 aromatic rings. The van der Waals surface area contributed by atoms with Crippen molar-refractivity contribution in [2.45, 2.75) is 25.9 Å². The number of amides is 2. The number of hydrazone groups is 1. The lowest BCUT2D eigenvalue weighted by Crippen LogP contribution is -2.41. The van der Waals surface area contributed by atoms with Crippen LogP contribution in [0.5, 0.6) is 0 Å². The largest absolute Gasteiger partial charge is 0.322 e. The number of hydrogen-bond donors (Lipinski definition) is 0. The number of hydrogen-bond acceptors (Lipinski definition) is 3. The van der Waals surface area contributed by atoms with Crippen LogP contribution in [0.1, 0.15) is 24.0 Å². The average Bonchev–Trinajstić information content (AvgIpc) is 2.72. The van der Waals surface area contributed by atoms with E-state index in [9.17, 15) is 14.0 Å². The van der Waals surface area contributed by atoms with Crippen LogP contribution in [-0.4, -0.2) is 34.0 Å². The molecule has 0 radical (unpaired) electrons. The van der Waals surface area contributed by atoms with Gasteiger partial charge in [0, 0.05) is 24.4 Å². The molecule has 0 fully saturated rings. The minimum Gasteiger partial charge on any atom is -0.322 e. The van der Waals surface area contributed by atoms with Gasteiger partial charge in [0.1, 0.15) is 11.5 Å². The average molecular weight is 412 g/mol. The van der Waals surface area contributed by atoms with Gasteiger partial charge in [-0.1, -0.05) is 47.9 Å². The second-order valence-electron chi connectivity index (χ2n) is 6.58. The fourth-order valence-electron chi connectivity index (χ4n) is 2.97. The first-order valence-corrected chi connectivity index (χ1v) is 9.44. The molecule has 0 aliphatic carbocycles. The lowest BCUT2D eigenvalue weighted by atomic mass is 10.1. The molecule has 29 heavy (non-hydrogen) atoms. The van der Waals surface area contributed by atoms with Gasteiger partial charge in [-0.2, -0.15) is 5.10 Å². The molecule has 0 saturated carbocycles. The molecule has 1 heterocycles. The number of carbonyl (C=O) groups is 2. The van der Waals surface area contributed by atoms with Crippen molar-refractivity contribution >= 4 is 29.1 Å². The fraction of sp³-hybridized carbons (Fsp3) is 0.227. The van der Waals surface area contributed by atoms with Crippen LogP contribution in [0.25, 0.3) is 0 Å². The van der Waals surface area contributed by atoms with E-state index < -0.39 is 0 Å². The summed E-state index contributed by atoms with van der Waals surface area (Å²) in [7, 11) is 0. The van der Waals surface area contributed by atoms with Crippen LogP contribution in [0.4, 0.5) is 4.39 Å². The van der Waals surface area contributed by atoms with E-state index in [1.165, 1.54) is 22.0 Å². The van der Waals surface area contributed by atoms with Crippen LogP contribution in [0.2, 0.25) is 5.02 Å². The van der Waals surface area contributed by atoms with Crippen LogP contribution in [-0.2, 0) is 22.7 Å². The molecule has 0 spiro atoms. The Labute approximate surface area is 173 Å². The zero-order chi connectivity index (χ0) is 20.8. The first-order valence-electron chi connectivity index (χ1n) is 9.06. The molecule has 0 unspecified atom stereocenters. The van der Waals surface area contributed by atoms with E-state index in [1.807, 2.05) is 18.2 Å². The van der Waals surface area contributed by atoms with Gasteiger partial charge in [0.25, 0.3) is 5.91 Å². The Morgan fingerprint density at radius 1 is 1.21 bits per heavy atom. The molecule has 5 nitrogen and oxygen atoms in total. The number of terminal acetylenes is 1. The predicted octanol–water partition coefficient (Wildman–Crippen LogP) is 3.62. The van der Waals surface area contributed by atoms with Crippen molar-refractivity contribution in [3.63, 3.8) is 0 Å². The van der Waals surface area contributed by atoms with E-state index in [2.05, 4.69) is 11.0 Å². The summed E-state index contributed by atoms with van der Waals surface area (Å²) in [5, 5.41) is 6.05. The van der Waals surface area contributed by atoms with Crippen molar-refractivity contribution in [1.29, 1.82) is 0 Å². The maximum absolute atomic E-state index is 13.1. The zero-order valence-electron chi connectivity index (χ0n) is 15.6. The summed E-state index contributed by atoms with van der Waals surface area (Å²) in [5.74, 6) is 1.60. The number of carbonyl (C=O) groups excluding carboxylic acids is 2. The maximum atomic E-state index is 13.1. The van der Waals surface area contributed by atoms with E-state index in [4.69, 9.17) is 18.0 Å². The monoisotopic (exact) mass is 411 g/mol. The Kier molecular flexibility index (Phi) is 6.63. The first-order chi connectivity index (χ1) is 14.0. The summed E-state index contributed by atoms with van der Waals surface area (Å²) in [6, 6.07) is 13.0. The van der Waals surface area contributed by atoms with E-state index in [-0.39, 0.29) is 55.8 Å². The quantitative estimate of drug-likeness (QED) is 0.682. The van der Waals surface area contributed by atoms with Crippen molar-refractivity contribution in [3.05, 3.63) is 70.5 Å². The van der Waals surface area contributed by atoms with Gasteiger partial charge >= 0.3 is 0 Å². The first kappa shape index (κ1) is 20.6. The molecule has 2 amide bonds. The lowest BCUT2D eigenvalue weighted by molar-refractivity contribution is -0.132. The second kappa shape index (κ2) is 9.35. The number of benzene rings is 2. The van der Waals surface area contributed by atoms with Gasteiger partial charge in [0.2, 0.25) is 5.91 Å². The minimum absolute atomic E-state index is 0.0922. The van der Waals surface area contributed by atoms with Crippen LogP contribution < -0.4 is 0 Å². The van der Waals surface area contributed by atoms with Crippen molar-refractivity contribution in [3.8, 4) is 12.3 Å². The van der Waals surface area contributed by atoms with Crippen LogP contribution >= 0.6 is 11.6 Å². The van der Waals surface area contributed by atoms with Gasteiger partial charge in [-0.05, 0) is 29.3 Å². The van der Waals surface area contributed by atoms with Gasteiger partial charge in [-0.25, -0.2) is 9.40 Å². The molecule has 0 saturated heterocycles. The molecule has 1 aliphatic heterocycles. The molecular formula is C22H19ClFN3O2. The molecule has 0 atom stereocenters. The fourth-order valence-corrected chi connectivity index (χ4v) is 3.16. The summed E-state index contributed by atoms with van der Waals surface area (Å²) in [4.78, 5) is 26.7. The molecule has 7 heteroatoms. The third kappa shape index (κ3) is 5.21. The van der Waals surface area contributed by atoms with Gasteiger partial charge in [0.15, 0.2) is 0 Å². The Bertz CT molecular complexity index is 982. The van der Waals surface area contributed by atoms with E-state index in [0.717, 1.165) is 5.56 Å². The van der Waals surface area contributed by atoms with Gasteiger partial charge < -0.3 is 4.90 Å². The summed E-state index contributed by atoms with van der Waals surface area (Å²) in [6.45, 7) is 0.498. The smallest absolute Gasteiger partial charge is 0.271 e. The zero-order valence-corrected chi connectivity index (χ0v) is 16.4.